The smallest absolute Gasteiger partial charge is 0.0911 e. The van der Waals surface area contributed by atoms with Gasteiger partial charge in [0.05, 0.1) is 6.07 Å². The Hall–Kier alpha value is -1.03. The van der Waals surface area contributed by atoms with Crippen molar-refractivity contribution < 1.29 is 0 Å². The fourth-order valence-corrected chi connectivity index (χ4v) is 2.42. The number of nitriles is 1. The molecule has 0 radical (unpaired) electrons. The van der Waals surface area contributed by atoms with Gasteiger partial charge in [0.2, 0.25) is 0 Å². The van der Waals surface area contributed by atoms with Gasteiger partial charge in [-0.3, -0.25) is 0 Å². The third-order valence-electron chi connectivity index (χ3n) is 3.02. The minimum absolute atomic E-state index is 0.679. The molecular weight excluding hydrogens is 146 g/mol. The van der Waals surface area contributed by atoms with Crippen LogP contribution in [-0.2, 0) is 0 Å². The third kappa shape index (κ3) is 1.18. The van der Waals surface area contributed by atoms with E-state index in [1.165, 1.54) is 18.4 Å². The van der Waals surface area contributed by atoms with E-state index in [0.717, 1.165) is 18.8 Å². The van der Waals surface area contributed by atoms with Crippen molar-refractivity contribution in [3.8, 4) is 6.07 Å². The molecule has 0 heterocycles. The molecule has 0 N–H and O–H groups in total. The first-order valence-corrected chi connectivity index (χ1v) is 4.67. The fourth-order valence-electron chi connectivity index (χ4n) is 2.42. The first kappa shape index (κ1) is 7.61. The maximum atomic E-state index is 8.59. The van der Waals surface area contributed by atoms with Crippen LogP contribution in [0.15, 0.2) is 23.8 Å². The molecule has 0 aromatic carbocycles. The zero-order valence-electron chi connectivity index (χ0n) is 7.16. The van der Waals surface area contributed by atoms with Crippen molar-refractivity contribution in [2.45, 2.75) is 25.7 Å². The van der Waals surface area contributed by atoms with Crippen molar-refractivity contribution in [2.24, 2.45) is 11.8 Å². The van der Waals surface area contributed by atoms with Crippen LogP contribution < -0.4 is 0 Å². The van der Waals surface area contributed by atoms with Gasteiger partial charge in [0, 0.05) is 6.08 Å². The molecule has 2 aliphatic carbocycles. The molecule has 0 aliphatic heterocycles. The Bertz CT molecular complexity index is 267. The zero-order valence-corrected chi connectivity index (χ0v) is 7.16. The van der Waals surface area contributed by atoms with Crippen LogP contribution in [0.5, 0.6) is 0 Å². The van der Waals surface area contributed by atoms with E-state index >= 15 is 0 Å². The second kappa shape index (κ2) is 3.15. The highest BCUT2D eigenvalue weighted by molar-refractivity contribution is 5.24. The molecule has 1 saturated carbocycles. The summed E-state index contributed by atoms with van der Waals surface area (Å²) >= 11 is 0. The Morgan fingerprint density at radius 3 is 3.33 bits per heavy atom. The van der Waals surface area contributed by atoms with Crippen LogP contribution in [0.1, 0.15) is 25.7 Å². The fraction of sp³-hybridized carbons (Fsp3) is 0.545. The summed E-state index contributed by atoms with van der Waals surface area (Å²) in [6.07, 6.45) is 11.3. The van der Waals surface area contributed by atoms with Crippen molar-refractivity contribution >= 4 is 0 Å². The molecule has 2 rings (SSSR count). The Morgan fingerprint density at radius 1 is 1.58 bits per heavy atom. The normalized spacial score (nSPS) is 36.4. The van der Waals surface area contributed by atoms with E-state index in [0.29, 0.717) is 5.92 Å². The van der Waals surface area contributed by atoms with Gasteiger partial charge >= 0.3 is 0 Å². The molecule has 0 spiro atoms. The topological polar surface area (TPSA) is 23.8 Å². The van der Waals surface area contributed by atoms with E-state index in [2.05, 4.69) is 18.2 Å². The number of rotatable bonds is 0. The summed E-state index contributed by atoms with van der Waals surface area (Å²) in [7, 11) is 0. The summed E-state index contributed by atoms with van der Waals surface area (Å²) in [6, 6.07) is 2.16. The molecule has 2 aliphatic rings. The third-order valence-corrected chi connectivity index (χ3v) is 3.02. The van der Waals surface area contributed by atoms with E-state index in [4.69, 9.17) is 5.26 Å². The maximum absolute atomic E-state index is 8.59. The second-order valence-electron chi connectivity index (χ2n) is 3.67. The van der Waals surface area contributed by atoms with Crippen LogP contribution in [0.3, 0.4) is 0 Å². The molecule has 2 atom stereocenters. The van der Waals surface area contributed by atoms with Gasteiger partial charge in [-0.25, -0.2) is 0 Å². The summed E-state index contributed by atoms with van der Waals surface area (Å²) in [5.41, 5.74) is 1.39. The first-order chi connectivity index (χ1) is 5.92. The minimum atomic E-state index is 0.679. The molecule has 1 fully saturated rings. The summed E-state index contributed by atoms with van der Waals surface area (Å²) in [4.78, 5) is 0. The van der Waals surface area contributed by atoms with Gasteiger partial charge < -0.3 is 0 Å². The molecule has 0 aromatic rings. The molecule has 0 unspecified atom stereocenters. The summed E-state index contributed by atoms with van der Waals surface area (Å²) in [6.45, 7) is 0. The molecule has 62 valence electrons. The predicted octanol–water partition coefficient (Wildman–Crippen LogP) is 2.81. The Labute approximate surface area is 73.4 Å². The molecule has 0 amide bonds. The number of nitrogens with zero attached hydrogens (tertiary/aromatic N) is 1. The van der Waals surface area contributed by atoms with E-state index < -0.39 is 0 Å². The van der Waals surface area contributed by atoms with Crippen LogP contribution in [-0.4, -0.2) is 0 Å². The van der Waals surface area contributed by atoms with Crippen molar-refractivity contribution in [3.05, 3.63) is 23.8 Å². The van der Waals surface area contributed by atoms with Gasteiger partial charge in [-0.15, -0.1) is 0 Å². The molecule has 1 nitrogen and oxygen atoms in total. The largest absolute Gasteiger partial charge is 0.193 e. The van der Waals surface area contributed by atoms with Crippen LogP contribution >= 0.6 is 0 Å². The Balaban J connectivity index is 2.17. The lowest BCUT2D eigenvalue weighted by molar-refractivity contribution is 0.386. The maximum Gasteiger partial charge on any atom is 0.0911 e. The lowest BCUT2D eigenvalue weighted by Gasteiger charge is -2.27. The van der Waals surface area contributed by atoms with E-state index in [9.17, 15) is 0 Å². The van der Waals surface area contributed by atoms with Gasteiger partial charge in [-0.1, -0.05) is 17.7 Å². The predicted molar refractivity (Wildman–Crippen MR) is 48.3 cm³/mol. The molecular formula is C11H13N. The van der Waals surface area contributed by atoms with Gasteiger partial charge in [0.15, 0.2) is 0 Å². The van der Waals surface area contributed by atoms with E-state index in [1.807, 2.05) is 0 Å². The molecule has 0 bridgehead atoms. The Kier molecular flexibility index (Phi) is 1.99. The van der Waals surface area contributed by atoms with E-state index in [-0.39, 0.29) is 0 Å². The van der Waals surface area contributed by atoms with Gasteiger partial charge in [-0.05, 0) is 37.5 Å². The number of hydrogen-bond acceptors (Lipinski definition) is 1. The van der Waals surface area contributed by atoms with Crippen LogP contribution in [0.25, 0.3) is 0 Å². The molecule has 0 saturated heterocycles. The average molecular weight is 159 g/mol. The van der Waals surface area contributed by atoms with Crippen molar-refractivity contribution in [1.82, 2.24) is 0 Å². The SMILES string of the molecule is N#C/C=C1/CCC[C@H]2C=CC[C@@H]12. The molecule has 1 heteroatoms. The van der Waals surface area contributed by atoms with Crippen molar-refractivity contribution in [2.75, 3.05) is 0 Å². The van der Waals surface area contributed by atoms with Gasteiger partial charge in [0.25, 0.3) is 0 Å². The number of fused-ring (bicyclic) bond motifs is 1. The lowest BCUT2D eigenvalue weighted by atomic mass is 9.77. The van der Waals surface area contributed by atoms with Gasteiger partial charge in [0.1, 0.15) is 0 Å². The zero-order chi connectivity index (χ0) is 8.39. The standard InChI is InChI=1S/C11H13N/c12-8-7-10-4-1-3-9-5-2-6-11(9)10/h2,5,7,9,11H,1,3-4,6H2/b10-7-/t9-,11+/m0/s1. The lowest BCUT2D eigenvalue weighted by Crippen LogP contribution is -2.16. The highest BCUT2D eigenvalue weighted by Crippen LogP contribution is 2.41. The minimum Gasteiger partial charge on any atom is -0.193 e. The summed E-state index contributed by atoms with van der Waals surface area (Å²) in [5.74, 6) is 1.43. The highest BCUT2D eigenvalue weighted by atomic mass is 14.3. The van der Waals surface area contributed by atoms with Crippen LogP contribution in [0.4, 0.5) is 0 Å². The first-order valence-electron chi connectivity index (χ1n) is 4.67. The van der Waals surface area contributed by atoms with Crippen LogP contribution in [0.2, 0.25) is 0 Å². The van der Waals surface area contributed by atoms with Crippen molar-refractivity contribution in [1.29, 1.82) is 5.26 Å². The Morgan fingerprint density at radius 2 is 2.50 bits per heavy atom. The average Bonchev–Trinajstić information content (AvgIpc) is 2.53. The molecule has 12 heavy (non-hydrogen) atoms. The van der Waals surface area contributed by atoms with Gasteiger partial charge in [-0.2, -0.15) is 5.26 Å². The molecule has 0 aromatic heterocycles. The number of hydrogen-bond donors (Lipinski definition) is 0. The second-order valence-corrected chi connectivity index (χ2v) is 3.67. The summed E-state index contributed by atoms with van der Waals surface area (Å²) in [5, 5.41) is 8.59. The summed E-state index contributed by atoms with van der Waals surface area (Å²) < 4.78 is 0. The quantitative estimate of drug-likeness (QED) is 0.394. The monoisotopic (exact) mass is 159 g/mol. The number of allylic oxidation sites excluding steroid dienone is 4. The highest BCUT2D eigenvalue weighted by Gasteiger charge is 2.28. The van der Waals surface area contributed by atoms with Crippen LogP contribution in [0, 0.1) is 23.2 Å². The van der Waals surface area contributed by atoms with Crippen molar-refractivity contribution in [3.63, 3.8) is 0 Å². The van der Waals surface area contributed by atoms with E-state index in [1.54, 1.807) is 6.08 Å².